The maximum atomic E-state index is 11.6. The van der Waals surface area contributed by atoms with Crippen molar-refractivity contribution in [3.05, 3.63) is 67.1 Å². The Bertz CT molecular complexity index is 1570. The SMILES string of the molecule is C=CC(=O)NC1CCN(c2ncc3ncnc(Nc4ccc(Oc5ccc(NC)c(N=N)c5)c(C)c4)c3n2)CC1. The zero-order chi connectivity index (χ0) is 28.1. The van der Waals surface area contributed by atoms with Crippen molar-refractivity contribution in [3.8, 4) is 11.5 Å². The van der Waals surface area contributed by atoms with Crippen molar-refractivity contribution in [2.75, 3.05) is 35.7 Å². The van der Waals surface area contributed by atoms with Crippen LogP contribution < -0.4 is 25.6 Å². The molecule has 40 heavy (non-hydrogen) atoms. The van der Waals surface area contributed by atoms with Gasteiger partial charge in [-0.2, -0.15) is 5.11 Å². The first kappa shape index (κ1) is 26.5. The molecular weight excluding hydrogens is 508 g/mol. The van der Waals surface area contributed by atoms with Crippen LogP contribution >= 0.6 is 0 Å². The molecule has 1 saturated heterocycles. The highest BCUT2D eigenvalue weighted by atomic mass is 16.5. The lowest BCUT2D eigenvalue weighted by atomic mass is 10.1. The standard InChI is InChI=1S/C28H30N10O2/c1-4-25(39)34-18-9-11-38(12-10-18)28-31-15-23-26(36-28)27(33-16-32-23)35-19-5-8-24(17(2)13-19)40-20-6-7-21(30-3)22(14-20)37-29/h4-8,13-16,18,29-30H,1,9-12H2,2-3H3,(H,34,39)(H,32,33,35). The maximum absolute atomic E-state index is 11.6. The van der Waals surface area contributed by atoms with E-state index in [4.69, 9.17) is 15.3 Å². The number of aromatic nitrogens is 4. The summed E-state index contributed by atoms with van der Waals surface area (Å²) in [5, 5.41) is 12.9. The first-order valence-corrected chi connectivity index (χ1v) is 12.9. The molecule has 2 aromatic heterocycles. The number of hydrogen-bond acceptors (Lipinski definition) is 11. The van der Waals surface area contributed by atoms with Gasteiger partial charge in [-0.15, -0.1) is 0 Å². The second-order valence-corrected chi connectivity index (χ2v) is 9.35. The molecule has 1 aliphatic rings. The molecule has 0 spiro atoms. The van der Waals surface area contributed by atoms with Crippen LogP contribution in [0.5, 0.6) is 11.5 Å². The molecule has 0 radical (unpaired) electrons. The summed E-state index contributed by atoms with van der Waals surface area (Å²) in [7, 11) is 1.78. The molecule has 0 aliphatic carbocycles. The van der Waals surface area contributed by atoms with Gasteiger partial charge in [0, 0.05) is 37.9 Å². The molecule has 0 bridgehead atoms. The van der Waals surface area contributed by atoms with Gasteiger partial charge in [-0.1, -0.05) is 6.58 Å². The minimum Gasteiger partial charge on any atom is -0.457 e. The van der Waals surface area contributed by atoms with Crippen LogP contribution in [0.1, 0.15) is 18.4 Å². The molecule has 0 atom stereocenters. The van der Waals surface area contributed by atoms with E-state index in [0.29, 0.717) is 40.0 Å². The van der Waals surface area contributed by atoms with Gasteiger partial charge in [-0.05, 0) is 61.7 Å². The number of carbonyl (C=O) groups excluding carboxylic acids is 1. The lowest BCUT2D eigenvalue weighted by Gasteiger charge is -2.32. The third kappa shape index (κ3) is 5.80. The van der Waals surface area contributed by atoms with Crippen molar-refractivity contribution in [3.63, 3.8) is 0 Å². The topological polar surface area (TPSA) is 153 Å². The number of benzene rings is 2. The summed E-state index contributed by atoms with van der Waals surface area (Å²) in [6.45, 7) is 6.92. The Morgan fingerprint density at radius 3 is 2.73 bits per heavy atom. The number of piperidine rings is 1. The van der Waals surface area contributed by atoms with E-state index in [1.807, 2.05) is 37.3 Å². The van der Waals surface area contributed by atoms with E-state index in [9.17, 15) is 4.79 Å². The molecule has 0 unspecified atom stereocenters. The molecule has 4 aromatic rings. The fraction of sp³-hybridized carbons (Fsp3) is 0.250. The first-order chi connectivity index (χ1) is 19.5. The number of carbonyl (C=O) groups is 1. The highest BCUT2D eigenvalue weighted by Gasteiger charge is 2.22. The largest absolute Gasteiger partial charge is 0.457 e. The molecule has 12 heteroatoms. The maximum Gasteiger partial charge on any atom is 0.243 e. The molecule has 12 nitrogen and oxygen atoms in total. The third-order valence-electron chi connectivity index (χ3n) is 6.70. The van der Waals surface area contributed by atoms with Crippen LogP contribution in [0.15, 0.2) is 66.7 Å². The van der Waals surface area contributed by atoms with Crippen molar-refractivity contribution in [1.82, 2.24) is 25.3 Å². The third-order valence-corrected chi connectivity index (χ3v) is 6.70. The molecule has 1 aliphatic heterocycles. The number of ether oxygens (including phenoxy) is 1. The summed E-state index contributed by atoms with van der Waals surface area (Å²) in [4.78, 5) is 31.8. The highest BCUT2D eigenvalue weighted by Crippen LogP contribution is 2.34. The summed E-state index contributed by atoms with van der Waals surface area (Å²) in [6, 6.07) is 11.2. The Hall–Kier alpha value is -5.13. The Morgan fingerprint density at radius 2 is 2.00 bits per heavy atom. The van der Waals surface area contributed by atoms with Gasteiger partial charge < -0.3 is 25.6 Å². The zero-order valence-electron chi connectivity index (χ0n) is 22.3. The minimum absolute atomic E-state index is 0.111. The molecule has 0 saturated carbocycles. The number of hydrogen-bond donors (Lipinski definition) is 4. The molecule has 5 rings (SSSR count). The van der Waals surface area contributed by atoms with Crippen molar-refractivity contribution in [2.45, 2.75) is 25.8 Å². The first-order valence-electron chi connectivity index (χ1n) is 12.9. The van der Waals surface area contributed by atoms with Crippen molar-refractivity contribution in [2.24, 2.45) is 5.11 Å². The van der Waals surface area contributed by atoms with E-state index in [-0.39, 0.29) is 11.9 Å². The monoisotopic (exact) mass is 538 g/mol. The molecule has 4 N–H and O–H groups in total. The number of nitrogens with zero attached hydrogens (tertiary/aromatic N) is 6. The van der Waals surface area contributed by atoms with Crippen LogP contribution in [-0.2, 0) is 4.79 Å². The Kier molecular flexibility index (Phi) is 7.76. The second kappa shape index (κ2) is 11.7. The average Bonchev–Trinajstić information content (AvgIpc) is 2.98. The average molecular weight is 539 g/mol. The predicted octanol–water partition coefficient (Wildman–Crippen LogP) is 5.24. The van der Waals surface area contributed by atoms with Crippen molar-refractivity contribution < 1.29 is 9.53 Å². The van der Waals surface area contributed by atoms with E-state index in [1.54, 1.807) is 19.3 Å². The van der Waals surface area contributed by atoms with Crippen molar-refractivity contribution >= 4 is 45.8 Å². The van der Waals surface area contributed by atoms with Crippen LogP contribution in [0.2, 0.25) is 0 Å². The van der Waals surface area contributed by atoms with Gasteiger partial charge in [0.05, 0.1) is 11.9 Å². The Balaban J connectivity index is 1.32. The van der Waals surface area contributed by atoms with E-state index < -0.39 is 0 Å². The van der Waals surface area contributed by atoms with E-state index in [0.717, 1.165) is 42.9 Å². The number of nitrogens with one attached hydrogen (secondary N) is 4. The van der Waals surface area contributed by atoms with Gasteiger partial charge in [-0.25, -0.2) is 25.5 Å². The molecule has 1 fully saturated rings. The van der Waals surface area contributed by atoms with E-state index in [2.05, 4.69) is 47.5 Å². The van der Waals surface area contributed by atoms with Gasteiger partial charge in [0.1, 0.15) is 34.5 Å². The fourth-order valence-electron chi connectivity index (χ4n) is 4.56. The minimum atomic E-state index is -0.152. The number of rotatable bonds is 9. The molecular formula is C28H30N10O2. The number of aryl methyl sites for hydroxylation is 1. The van der Waals surface area contributed by atoms with Gasteiger partial charge in [-0.3, -0.25) is 4.79 Å². The number of amides is 1. The van der Waals surface area contributed by atoms with Crippen LogP contribution in [0.4, 0.5) is 28.8 Å². The Morgan fingerprint density at radius 1 is 1.18 bits per heavy atom. The van der Waals surface area contributed by atoms with Gasteiger partial charge in [0.2, 0.25) is 11.9 Å². The van der Waals surface area contributed by atoms with Crippen molar-refractivity contribution in [1.29, 1.82) is 5.53 Å². The molecule has 2 aromatic carbocycles. The summed E-state index contributed by atoms with van der Waals surface area (Å²) in [6.07, 6.45) is 6.07. The normalized spacial score (nSPS) is 13.5. The second-order valence-electron chi connectivity index (χ2n) is 9.35. The van der Waals surface area contributed by atoms with Gasteiger partial charge in [0.25, 0.3) is 0 Å². The van der Waals surface area contributed by atoms with Crippen LogP contribution in [0.25, 0.3) is 11.0 Å². The lowest BCUT2D eigenvalue weighted by Crippen LogP contribution is -2.44. The summed E-state index contributed by atoms with van der Waals surface area (Å²) in [5.74, 6) is 2.29. The Labute approximate surface area is 231 Å². The van der Waals surface area contributed by atoms with Crippen LogP contribution in [0, 0.1) is 12.5 Å². The summed E-state index contributed by atoms with van der Waals surface area (Å²) < 4.78 is 6.07. The fourth-order valence-corrected chi connectivity index (χ4v) is 4.56. The van der Waals surface area contributed by atoms with Crippen LogP contribution in [-0.4, -0.2) is 52.0 Å². The summed E-state index contributed by atoms with van der Waals surface area (Å²) in [5.41, 5.74) is 11.6. The van der Waals surface area contributed by atoms with E-state index in [1.165, 1.54) is 12.4 Å². The quantitative estimate of drug-likeness (QED) is 0.165. The zero-order valence-corrected chi connectivity index (χ0v) is 22.3. The lowest BCUT2D eigenvalue weighted by molar-refractivity contribution is -0.117. The summed E-state index contributed by atoms with van der Waals surface area (Å²) >= 11 is 0. The van der Waals surface area contributed by atoms with Gasteiger partial charge in [0.15, 0.2) is 5.82 Å². The van der Waals surface area contributed by atoms with Crippen LogP contribution in [0.3, 0.4) is 0 Å². The smallest absolute Gasteiger partial charge is 0.243 e. The van der Waals surface area contributed by atoms with Gasteiger partial charge >= 0.3 is 0 Å². The molecule has 204 valence electrons. The molecule has 1 amide bonds. The number of fused-ring (bicyclic) bond motifs is 1. The van der Waals surface area contributed by atoms with E-state index >= 15 is 0 Å². The predicted molar refractivity (Wildman–Crippen MR) is 154 cm³/mol. The highest BCUT2D eigenvalue weighted by molar-refractivity contribution is 5.88. The number of anilines is 4. The molecule has 3 heterocycles.